The van der Waals surface area contributed by atoms with Crippen LogP contribution in [0.5, 0.6) is 0 Å². The number of benzene rings is 1. The van der Waals surface area contributed by atoms with Gasteiger partial charge in [-0.1, -0.05) is 49.0 Å². The van der Waals surface area contributed by atoms with Crippen molar-refractivity contribution in [1.29, 1.82) is 0 Å². The van der Waals surface area contributed by atoms with E-state index in [-0.39, 0.29) is 12.3 Å². The molecule has 1 saturated carbocycles. The Morgan fingerprint density at radius 3 is 2.30 bits per heavy atom. The van der Waals surface area contributed by atoms with Crippen molar-refractivity contribution in [3.63, 3.8) is 0 Å². The van der Waals surface area contributed by atoms with Gasteiger partial charge in [-0.3, -0.25) is 4.79 Å². The van der Waals surface area contributed by atoms with Crippen LogP contribution in [0.3, 0.4) is 0 Å². The minimum Gasteiger partial charge on any atom is -0.450 e. The smallest absolute Gasteiger partial charge is 0.450 e. The van der Waals surface area contributed by atoms with Crippen molar-refractivity contribution in [2.75, 3.05) is 0 Å². The molecule has 1 fully saturated rings. The number of amides is 1. The Morgan fingerprint density at radius 1 is 1.22 bits per heavy atom. The summed E-state index contributed by atoms with van der Waals surface area (Å²) in [5.74, 6) is 0.706. The highest BCUT2D eigenvalue weighted by atomic mass is 35.5. The van der Waals surface area contributed by atoms with E-state index in [0.717, 1.165) is 12.8 Å². The molecular formula is C16H21Cl2NO4. The quantitative estimate of drug-likeness (QED) is 0.741. The van der Waals surface area contributed by atoms with Crippen molar-refractivity contribution in [1.82, 2.24) is 5.32 Å². The molecule has 1 aliphatic rings. The van der Waals surface area contributed by atoms with Crippen molar-refractivity contribution in [3.8, 4) is 0 Å². The molecule has 2 atom stereocenters. The molecular weight excluding hydrogens is 341 g/mol. The molecule has 0 heterocycles. The predicted molar refractivity (Wildman–Crippen MR) is 90.4 cm³/mol. The van der Waals surface area contributed by atoms with Crippen LogP contribution in [0.4, 0.5) is 4.79 Å². The molecule has 23 heavy (non-hydrogen) atoms. The summed E-state index contributed by atoms with van der Waals surface area (Å²) >= 11 is 12.2. The molecule has 2 rings (SSSR count). The lowest BCUT2D eigenvalue weighted by Gasteiger charge is -2.27. The summed E-state index contributed by atoms with van der Waals surface area (Å²) in [6.07, 6.45) is 3.03. The van der Waals surface area contributed by atoms with E-state index in [0.29, 0.717) is 27.6 Å². The van der Waals surface area contributed by atoms with Gasteiger partial charge in [-0.25, -0.2) is 4.79 Å². The fourth-order valence-electron chi connectivity index (χ4n) is 2.71. The largest absolute Gasteiger partial charge is 0.503 e. The molecule has 0 aliphatic heterocycles. The molecule has 0 saturated heterocycles. The Balaban J connectivity index is 0.000000593. The average molecular weight is 362 g/mol. The van der Waals surface area contributed by atoms with Gasteiger partial charge in [0.15, 0.2) is 0 Å². The normalized spacial score (nSPS) is 20.1. The second kappa shape index (κ2) is 9.63. The summed E-state index contributed by atoms with van der Waals surface area (Å²) in [6, 6.07) is 5.62. The Labute approximate surface area is 145 Å². The second-order valence-corrected chi connectivity index (χ2v) is 6.51. The number of hydrogen-bond acceptors (Lipinski definition) is 2. The summed E-state index contributed by atoms with van der Waals surface area (Å²) in [5, 5.41) is 18.2. The predicted octanol–water partition coefficient (Wildman–Crippen LogP) is 4.45. The fraction of sp³-hybridized carbons (Fsp3) is 0.500. The van der Waals surface area contributed by atoms with Gasteiger partial charge in [0.2, 0.25) is 5.91 Å². The van der Waals surface area contributed by atoms with Gasteiger partial charge in [-0.2, -0.15) is 0 Å². The topological polar surface area (TPSA) is 86.6 Å². The maximum absolute atomic E-state index is 12.1. The van der Waals surface area contributed by atoms with Gasteiger partial charge in [0, 0.05) is 16.1 Å². The van der Waals surface area contributed by atoms with E-state index in [1.807, 2.05) is 0 Å². The van der Waals surface area contributed by atoms with Gasteiger partial charge in [0.25, 0.3) is 0 Å². The summed E-state index contributed by atoms with van der Waals surface area (Å²) in [5.41, 5.74) is 0.715. The zero-order valence-corrected chi connectivity index (χ0v) is 14.4. The molecule has 0 bridgehead atoms. The summed E-state index contributed by atoms with van der Waals surface area (Å²) < 4.78 is 0. The third-order valence-electron chi connectivity index (χ3n) is 3.70. The molecule has 1 aliphatic carbocycles. The second-order valence-electron chi connectivity index (χ2n) is 5.70. The van der Waals surface area contributed by atoms with Crippen molar-refractivity contribution in [3.05, 3.63) is 33.8 Å². The zero-order valence-electron chi connectivity index (χ0n) is 12.9. The summed E-state index contributed by atoms with van der Waals surface area (Å²) in [7, 11) is 0. The third kappa shape index (κ3) is 7.57. The van der Waals surface area contributed by atoms with Crippen LogP contribution in [0.2, 0.25) is 10.0 Å². The number of rotatable bonds is 3. The number of hydrogen-bond donors (Lipinski definition) is 3. The molecule has 1 aromatic carbocycles. The van der Waals surface area contributed by atoms with Crippen LogP contribution in [0.1, 0.15) is 38.2 Å². The van der Waals surface area contributed by atoms with E-state index in [9.17, 15) is 4.79 Å². The van der Waals surface area contributed by atoms with Gasteiger partial charge in [0.1, 0.15) is 0 Å². The minimum absolute atomic E-state index is 0.00843. The standard InChI is InChI=1S/C15H19Cl2NO.CH2O3/c1-10-4-2-5-11(8-10)18-15(19)9-12-13(16)6-3-7-14(12)17;2-1(3)4/h3,6-7,10-11H,2,4-5,8-9H2,1H3,(H,18,19);(H2,2,3,4). The highest BCUT2D eigenvalue weighted by Crippen LogP contribution is 2.26. The first kappa shape index (κ1) is 19.6. The number of carboxylic acid groups (broad SMARTS) is 2. The molecule has 0 spiro atoms. The number of carbonyl (C=O) groups is 2. The first-order valence-electron chi connectivity index (χ1n) is 7.43. The lowest BCUT2D eigenvalue weighted by Crippen LogP contribution is -2.38. The molecule has 5 nitrogen and oxygen atoms in total. The van der Waals surface area contributed by atoms with E-state index < -0.39 is 6.16 Å². The zero-order chi connectivity index (χ0) is 17.4. The number of halogens is 2. The molecule has 3 N–H and O–H groups in total. The average Bonchev–Trinajstić information content (AvgIpc) is 2.42. The van der Waals surface area contributed by atoms with Crippen molar-refractivity contribution in [2.45, 2.75) is 45.1 Å². The minimum atomic E-state index is -1.83. The van der Waals surface area contributed by atoms with Gasteiger partial charge >= 0.3 is 6.16 Å². The fourth-order valence-corrected chi connectivity index (χ4v) is 3.24. The van der Waals surface area contributed by atoms with Gasteiger partial charge in [-0.15, -0.1) is 0 Å². The molecule has 0 radical (unpaired) electrons. The van der Waals surface area contributed by atoms with Crippen LogP contribution < -0.4 is 5.32 Å². The lowest BCUT2D eigenvalue weighted by molar-refractivity contribution is -0.121. The van der Waals surface area contributed by atoms with Crippen LogP contribution in [0, 0.1) is 5.92 Å². The van der Waals surface area contributed by atoms with Crippen molar-refractivity contribution in [2.24, 2.45) is 5.92 Å². The van der Waals surface area contributed by atoms with Crippen LogP contribution in [-0.2, 0) is 11.2 Å². The summed E-state index contributed by atoms with van der Waals surface area (Å²) in [6.45, 7) is 2.24. The van der Waals surface area contributed by atoms with Crippen molar-refractivity contribution >= 4 is 35.3 Å². The van der Waals surface area contributed by atoms with Gasteiger partial charge in [-0.05, 0) is 36.5 Å². The monoisotopic (exact) mass is 361 g/mol. The maximum Gasteiger partial charge on any atom is 0.503 e. The van der Waals surface area contributed by atoms with Crippen LogP contribution in [0.15, 0.2) is 18.2 Å². The molecule has 128 valence electrons. The van der Waals surface area contributed by atoms with E-state index in [1.165, 1.54) is 12.8 Å². The van der Waals surface area contributed by atoms with Gasteiger partial charge < -0.3 is 15.5 Å². The number of carbonyl (C=O) groups excluding carboxylic acids is 1. The Morgan fingerprint density at radius 2 is 1.78 bits per heavy atom. The molecule has 1 aromatic rings. The van der Waals surface area contributed by atoms with Crippen LogP contribution in [-0.4, -0.2) is 28.3 Å². The highest BCUT2D eigenvalue weighted by molar-refractivity contribution is 6.36. The van der Waals surface area contributed by atoms with E-state index in [4.69, 9.17) is 38.2 Å². The SMILES string of the molecule is CC1CCCC(NC(=O)Cc2c(Cl)cccc2Cl)C1.O=C(O)O. The lowest BCUT2D eigenvalue weighted by atomic mass is 9.87. The van der Waals surface area contributed by atoms with Crippen molar-refractivity contribution < 1.29 is 19.8 Å². The van der Waals surface area contributed by atoms with Gasteiger partial charge in [0.05, 0.1) is 6.42 Å². The first-order valence-corrected chi connectivity index (χ1v) is 8.19. The van der Waals surface area contributed by atoms with E-state index in [1.54, 1.807) is 18.2 Å². The maximum atomic E-state index is 12.1. The Bertz CT molecular complexity index is 527. The molecule has 0 aromatic heterocycles. The first-order chi connectivity index (χ1) is 10.8. The number of nitrogens with one attached hydrogen (secondary N) is 1. The Kier molecular flexibility index (Phi) is 8.20. The van der Waals surface area contributed by atoms with E-state index >= 15 is 0 Å². The Hall–Kier alpha value is -1.46. The third-order valence-corrected chi connectivity index (χ3v) is 4.41. The molecule has 2 unspecified atom stereocenters. The van der Waals surface area contributed by atoms with E-state index in [2.05, 4.69) is 12.2 Å². The van der Waals surface area contributed by atoms with Crippen LogP contribution >= 0.6 is 23.2 Å². The molecule has 1 amide bonds. The highest BCUT2D eigenvalue weighted by Gasteiger charge is 2.21. The summed E-state index contributed by atoms with van der Waals surface area (Å²) in [4.78, 5) is 20.6. The van der Waals surface area contributed by atoms with Crippen LogP contribution in [0.25, 0.3) is 0 Å². The molecule has 7 heteroatoms.